The molecule has 0 radical (unpaired) electrons. The van der Waals surface area contributed by atoms with Gasteiger partial charge in [-0.15, -0.1) is 0 Å². The van der Waals surface area contributed by atoms with Crippen LogP contribution in [0.4, 0.5) is 0 Å². The summed E-state index contributed by atoms with van der Waals surface area (Å²) in [5.41, 5.74) is 7.03. The van der Waals surface area contributed by atoms with Gasteiger partial charge in [-0.2, -0.15) is 4.98 Å². The maximum atomic E-state index is 5.91. The van der Waals surface area contributed by atoms with E-state index < -0.39 is 0 Å². The molecule has 1 unspecified atom stereocenters. The third kappa shape index (κ3) is 2.21. The molecule has 1 aromatic carbocycles. The highest BCUT2D eigenvalue weighted by atomic mass is 16.5. The molecule has 0 amide bonds. The van der Waals surface area contributed by atoms with Crippen molar-refractivity contribution in [2.75, 3.05) is 6.61 Å². The van der Waals surface area contributed by atoms with Crippen LogP contribution in [0.15, 0.2) is 28.8 Å². The van der Waals surface area contributed by atoms with Gasteiger partial charge in [-0.1, -0.05) is 30.3 Å². The molecule has 2 N–H and O–H groups in total. The molecule has 0 bridgehead atoms. The molecule has 0 aliphatic carbocycles. The van der Waals surface area contributed by atoms with Crippen LogP contribution in [0.1, 0.15) is 49.0 Å². The molecule has 2 atom stereocenters. The van der Waals surface area contributed by atoms with Gasteiger partial charge in [0, 0.05) is 5.56 Å². The summed E-state index contributed by atoms with van der Waals surface area (Å²) < 4.78 is 10.9. The van der Waals surface area contributed by atoms with Gasteiger partial charge in [-0.25, -0.2) is 0 Å². The molecule has 2 aromatic rings. The second-order valence-electron chi connectivity index (χ2n) is 4.73. The van der Waals surface area contributed by atoms with Crippen molar-refractivity contribution in [3.05, 3.63) is 41.5 Å². The number of nitrogens with two attached hydrogens (primary N) is 1. The third-order valence-electron chi connectivity index (χ3n) is 3.48. The van der Waals surface area contributed by atoms with Gasteiger partial charge in [0.1, 0.15) is 5.75 Å². The van der Waals surface area contributed by atoms with Crippen LogP contribution in [0, 0.1) is 0 Å². The lowest BCUT2D eigenvalue weighted by molar-refractivity contribution is 0.271. The molecule has 100 valence electrons. The molecular weight excluding hydrogens is 242 g/mol. The Balaban J connectivity index is 1.93. The summed E-state index contributed by atoms with van der Waals surface area (Å²) in [7, 11) is 0. The Labute approximate surface area is 111 Å². The zero-order valence-electron chi connectivity index (χ0n) is 10.9. The summed E-state index contributed by atoms with van der Waals surface area (Å²) in [6.07, 6.45) is 1.64. The number of nitrogens with zero attached hydrogens (tertiary/aromatic N) is 2. The lowest BCUT2D eigenvalue weighted by Crippen LogP contribution is -2.16. The highest BCUT2D eigenvalue weighted by molar-refractivity contribution is 5.40. The molecule has 1 aliphatic heterocycles. The number of benzene rings is 1. The number of ether oxygens (including phenoxy) is 1. The maximum absolute atomic E-state index is 5.91. The fourth-order valence-corrected chi connectivity index (χ4v) is 2.32. The molecule has 1 aliphatic rings. The fraction of sp³-hybridized carbons (Fsp3) is 0.429. The van der Waals surface area contributed by atoms with E-state index >= 15 is 0 Å². The highest BCUT2D eigenvalue weighted by Crippen LogP contribution is 2.36. The van der Waals surface area contributed by atoms with Crippen LogP contribution in [0.5, 0.6) is 5.75 Å². The van der Waals surface area contributed by atoms with Crippen LogP contribution in [-0.4, -0.2) is 16.7 Å². The van der Waals surface area contributed by atoms with Gasteiger partial charge in [0.05, 0.1) is 18.6 Å². The van der Waals surface area contributed by atoms with Crippen molar-refractivity contribution in [1.82, 2.24) is 10.1 Å². The Morgan fingerprint density at radius 3 is 3.11 bits per heavy atom. The molecule has 0 saturated carbocycles. The van der Waals surface area contributed by atoms with E-state index in [-0.39, 0.29) is 12.0 Å². The fourth-order valence-electron chi connectivity index (χ4n) is 2.32. The van der Waals surface area contributed by atoms with E-state index in [1.54, 1.807) is 0 Å². The van der Waals surface area contributed by atoms with E-state index in [1.807, 2.05) is 25.1 Å². The highest BCUT2D eigenvalue weighted by Gasteiger charge is 2.27. The number of hydrogen-bond acceptors (Lipinski definition) is 5. The van der Waals surface area contributed by atoms with Gasteiger partial charge in [-0.05, 0) is 18.9 Å². The number of para-hydroxylation sites is 1. The van der Waals surface area contributed by atoms with E-state index in [2.05, 4.69) is 16.2 Å². The van der Waals surface area contributed by atoms with E-state index in [9.17, 15) is 0 Å². The normalized spacial score (nSPS) is 19.6. The van der Waals surface area contributed by atoms with Gasteiger partial charge in [0.25, 0.3) is 0 Å². The van der Waals surface area contributed by atoms with Gasteiger partial charge in [0.15, 0.2) is 5.82 Å². The maximum Gasteiger partial charge on any atom is 0.243 e. The second kappa shape index (κ2) is 5.01. The first-order chi connectivity index (χ1) is 9.29. The summed E-state index contributed by atoms with van der Waals surface area (Å²) in [6.45, 7) is 2.67. The van der Waals surface area contributed by atoms with Crippen molar-refractivity contribution >= 4 is 0 Å². The third-order valence-corrected chi connectivity index (χ3v) is 3.48. The van der Waals surface area contributed by atoms with Crippen molar-refractivity contribution in [3.63, 3.8) is 0 Å². The van der Waals surface area contributed by atoms with E-state index in [1.165, 1.54) is 0 Å². The number of hydrogen-bond donors (Lipinski definition) is 1. The molecule has 2 heterocycles. The minimum atomic E-state index is -0.184. The molecule has 5 heteroatoms. The van der Waals surface area contributed by atoms with Crippen LogP contribution in [-0.2, 0) is 0 Å². The first-order valence-corrected chi connectivity index (χ1v) is 6.60. The van der Waals surface area contributed by atoms with Gasteiger partial charge in [-0.3, -0.25) is 0 Å². The predicted octanol–water partition coefficient (Wildman–Crippen LogP) is 2.39. The quantitative estimate of drug-likeness (QED) is 0.916. The lowest BCUT2D eigenvalue weighted by Gasteiger charge is -2.23. The zero-order valence-corrected chi connectivity index (χ0v) is 10.9. The number of rotatable bonds is 3. The largest absolute Gasteiger partial charge is 0.493 e. The zero-order chi connectivity index (χ0) is 13.2. The van der Waals surface area contributed by atoms with Crippen molar-refractivity contribution in [3.8, 4) is 5.75 Å². The van der Waals surface area contributed by atoms with E-state index in [4.69, 9.17) is 15.0 Å². The first-order valence-electron chi connectivity index (χ1n) is 6.60. The summed E-state index contributed by atoms with van der Waals surface area (Å²) in [6, 6.07) is 7.81. The van der Waals surface area contributed by atoms with Gasteiger partial charge >= 0.3 is 0 Å². The van der Waals surface area contributed by atoms with Crippen LogP contribution in [0.25, 0.3) is 0 Å². The Hall–Kier alpha value is -1.88. The minimum absolute atomic E-state index is 0.131. The Kier molecular flexibility index (Phi) is 3.21. The van der Waals surface area contributed by atoms with Crippen LogP contribution in [0.2, 0.25) is 0 Å². The van der Waals surface area contributed by atoms with Crippen molar-refractivity contribution < 1.29 is 9.26 Å². The molecule has 0 fully saturated rings. The predicted molar refractivity (Wildman–Crippen MR) is 69.9 cm³/mol. The molecule has 0 saturated heterocycles. The van der Waals surface area contributed by atoms with E-state index in [0.717, 1.165) is 24.2 Å². The summed E-state index contributed by atoms with van der Waals surface area (Å²) in [5, 5.41) is 4.09. The average molecular weight is 259 g/mol. The molecule has 3 rings (SSSR count). The van der Waals surface area contributed by atoms with Crippen LogP contribution < -0.4 is 10.5 Å². The van der Waals surface area contributed by atoms with Crippen LogP contribution >= 0.6 is 0 Å². The molecule has 1 aromatic heterocycles. The smallest absolute Gasteiger partial charge is 0.243 e. The average Bonchev–Trinajstić information content (AvgIpc) is 2.95. The molecule has 19 heavy (non-hydrogen) atoms. The molecule has 5 nitrogen and oxygen atoms in total. The standard InChI is InChI=1S/C14H17N3O2/c1-2-11(15)14-16-13(17-19-14)10-7-8-18-12-6-4-3-5-9(10)12/h3-6,10-11H,2,7-8,15H2,1H3/t10?,11-/m0/s1. The SMILES string of the molecule is CC[C@H](N)c1nc(C2CCOc3ccccc32)no1. The Bertz CT molecular complexity index is 567. The van der Waals surface area contributed by atoms with Crippen LogP contribution in [0.3, 0.4) is 0 Å². The van der Waals surface area contributed by atoms with Crippen molar-refractivity contribution in [2.45, 2.75) is 31.7 Å². The van der Waals surface area contributed by atoms with Gasteiger partial charge < -0.3 is 15.0 Å². The number of aromatic nitrogens is 2. The minimum Gasteiger partial charge on any atom is -0.493 e. The summed E-state index contributed by atoms with van der Waals surface area (Å²) in [4.78, 5) is 4.45. The second-order valence-corrected chi connectivity index (χ2v) is 4.73. The van der Waals surface area contributed by atoms with Crippen molar-refractivity contribution in [2.24, 2.45) is 5.73 Å². The van der Waals surface area contributed by atoms with E-state index in [0.29, 0.717) is 18.3 Å². The molecular formula is C14H17N3O2. The number of fused-ring (bicyclic) bond motifs is 1. The van der Waals surface area contributed by atoms with Crippen molar-refractivity contribution in [1.29, 1.82) is 0 Å². The van der Waals surface area contributed by atoms with Gasteiger partial charge in [0.2, 0.25) is 5.89 Å². The monoisotopic (exact) mass is 259 g/mol. The topological polar surface area (TPSA) is 74.2 Å². The molecule has 0 spiro atoms. The lowest BCUT2D eigenvalue weighted by atomic mass is 9.92. The summed E-state index contributed by atoms with van der Waals surface area (Å²) >= 11 is 0. The Morgan fingerprint density at radius 2 is 2.26 bits per heavy atom. The summed E-state index contributed by atoms with van der Waals surface area (Å²) in [5.74, 6) is 2.26. The Morgan fingerprint density at radius 1 is 1.42 bits per heavy atom. The first kappa shape index (κ1) is 12.2.